The molecule has 5 nitrogen and oxygen atoms in total. The fourth-order valence-electron chi connectivity index (χ4n) is 1.62. The van der Waals surface area contributed by atoms with Crippen LogP contribution in [0, 0.1) is 0 Å². The van der Waals surface area contributed by atoms with Crippen LogP contribution in [-0.2, 0) is 11.0 Å². The maximum atomic E-state index is 12.4. The maximum absolute atomic E-state index is 12.4. The van der Waals surface area contributed by atoms with E-state index in [-0.39, 0.29) is 10.8 Å². The first-order valence-electron chi connectivity index (χ1n) is 6.66. The summed E-state index contributed by atoms with van der Waals surface area (Å²) >= 11 is 0.926. The molecule has 1 aromatic heterocycles. The molecule has 0 aliphatic carbocycles. The molecule has 2 N–H and O–H groups in total. The monoisotopic (exact) mass is 355 g/mol. The summed E-state index contributed by atoms with van der Waals surface area (Å²) in [5, 5.41) is 4.84. The van der Waals surface area contributed by atoms with Crippen LogP contribution in [0.2, 0.25) is 0 Å². The third kappa shape index (κ3) is 5.58. The molecule has 0 unspecified atom stereocenters. The molecule has 0 saturated carbocycles. The van der Waals surface area contributed by atoms with Gasteiger partial charge in [0.15, 0.2) is 0 Å². The van der Waals surface area contributed by atoms with Gasteiger partial charge in [0, 0.05) is 11.9 Å². The zero-order chi connectivity index (χ0) is 17.6. The Hall–Kier alpha value is -2.55. The molecule has 0 fully saturated rings. The summed E-state index contributed by atoms with van der Waals surface area (Å²) in [6.45, 7) is 0. The van der Waals surface area contributed by atoms with Gasteiger partial charge >= 0.3 is 12.2 Å². The minimum Gasteiger partial charge on any atom is -0.308 e. The number of thioether (sulfide) groups is 1. The van der Waals surface area contributed by atoms with Gasteiger partial charge in [-0.1, -0.05) is 30.0 Å². The van der Waals surface area contributed by atoms with Gasteiger partial charge in [0.1, 0.15) is 0 Å². The summed E-state index contributed by atoms with van der Waals surface area (Å²) in [5.41, 5.74) is -0.335. The zero-order valence-electron chi connectivity index (χ0n) is 12.1. The second-order valence-electron chi connectivity index (χ2n) is 4.54. The lowest BCUT2D eigenvalue weighted by Gasteiger charge is -2.07. The lowest BCUT2D eigenvalue weighted by molar-refractivity contribution is -0.137. The highest BCUT2D eigenvalue weighted by Gasteiger charge is 2.30. The van der Waals surface area contributed by atoms with E-state index in [4.69, 9.17) is 0 Å². The van der Waals surface area contributed by atoms with Crippen molar-refractivity contribution >= 4 is 29.4 Å². The number of aromatic nitrogens is 1. The first-order valence-corrected chi connectivity index (χ1v) is 7.65. The Morgan fingerprint density at radius 3 is 2.38 bits per heavy atom. The van der Waals surface area contributed by atoms with Crippen molar-refractivity contribution in [2.24, 2.45) is 0 Å². The smallest absolute Gasteiger partial charge is 0.308 e. The number of hydrogen-bond donors (Lipinski definition) is 2. The molecule has 0 aliphatic rings. The van der Waals surface area contributed by atoms with Gasteiger partial charge in [-0.15, -0.1) is 0 Å². The summed E-state index contributed by atoms with van der Waals surface area (Å²) in [6, 6.07) is 9.91. The number of alkyl halides is 3. The topological polar surface area (TPSA) is 71.1 Å². The highest BCUT2D eigenvalue weighted by molar-refractivity contribution is 7.99. The molecule has 0 atom stereocenters. The molecule has 3 amide bonds. The van der Waals surface area contributed by atoms with Gasteiger partial charge in [-0.3, -0.25) is 10.1 Å². The van der Waals surface area contributed by atoms with Gasteiger partial charge in [-0.05, 0) is 24.3 Å². The van der Waals surface area contributed by atoms with Gasteiger partial charge in [0.2, 0.25) is 5.91 Å². The van der Waals surface area contributed by atoms with Crippen LogP contribution in [0.3, 0.4) is 0 Å². The lowest BCUT2D eigenvalue weighted by Crippen LogP contribution is -2.35. The van der Waals surface area contributed by atoms with Crippen molar-refractivity contribution in [1.29, 1.82) is 0 Å². The van der Waals surface area contributed by atoms with Crippen molar-refractivity contribution in [2.75, 3.05) is 11.1 Å². The number of para-hydroxylation sites is 1. The van der Waals surface area contributed by atoms with Crippen molar-refractivity contribution in [2.45, 2.75) is 11.2 Å². The van der Waals surface area contributed by atoms with Gasteiger partial charge in [-0.25, -0.2) is 9.78 Å². The largest absolute Gasteiger partial charge is 0.417 e. The molecule has 0 saturated heterocycles. The quantitative estimate of drug-likeness (QED) is 0.823. The Balaban J connectivity index is 1.79. The van der Waals surface area contributed by atoms with Crippen LogP contribution in [0.15, 0.2) is 53.7 Å². The van der Waals surface area contributed by atoms with Gasteiger partial charge < -0.3 is 5.32 Å². The van der Waals surface area contributed by atoms with E-state index in [0.29, 0.717) is 11.9 Å². The SMILES string of the molecule is O=C(CSc1ccc(C(F)(F)F)cn1)NC(=O)Nc1ccccc1. The Bertz CT molecular complexity index is 706. The summed E-state index contributed by atoms with van der Waals surface area (Å²) in [6.07, 6.45) is -3.76. The molecule has 9 heteroatoms. The van der Waals surface area contributed by atoms with Crippen molar-refractivity contribution in [3.05, 3.63) is 54.2 Å². The number of anilines is 1. The summed E-state index contributed by atoms with van der Waals surface area (Å²) in [7, 11) is 0. The van der Waals surface area contributed by atoms with E-state index in [1.165, 1.54) is 6.07 Å². The Kier molecular flexibility index (Phi) is 5.80. The van der Waals surface area contributed by atoms with E-state index < -0.39 is 23.7 Å². The highest BCUT2D eigenvalue weighted by atomic mass is 32.2. The first-order chi connectivity index (χ1) is 11.3. The normalized spacial score (nSPS) is 11.0. The summed E-state index contributed by atoms with van der Waals surface area (Å²) in [4.78, 5) is 26.9. The molecular formula is C15H12F3N3O2S. The lowest BCUT2D eigenvalue weighted by atomic mass is 10.3. The van der Waals surface area contributed by atoms with E-state index in [1.54, 1.807) is 30.3 Å². The van der Waals surface area contributed by atoms with E-state index in [2.05, 4.69) is 15.6 Å². The second-order valence-corrected chi connectivity index (χ2v) is 5.54. The molecule has 0 radical (unpaired) electrons. The Labute approximate surface area is 139 Å². The van der Waals surface area contributed by atoms with Crippen molar-refractivity contribution in [1.82, 2.24) is 10.3 Å². The van der Waals surface area contributed by atoms with Crippen molar-refractivity contribution < 1.29 is 22.8 Å². The zero-order valence-corrected chi connectivity index (χ0v) is 12.9. The van der Waals surface area contributed by atoms with Crippen molar-refractivity contribution in [3.8, 4) is 0 Å². The molecule has 1 aromatic carbocycles. The Morgan fingerprint density at radius 2 is 1.79 bits per heavy atom. The number of nitrogens with zero attached hydrogens (tertiary/aromatic N) is 1. The number of hydrogen-bond acceptors (Lipinski definition) is 4. The van der Waals surface area contributed by atoms with Crippen LogP contribution in [-0.4, -0.2) is 22.7 Å². The number of amides is 3. The number of halogens is 3. The summed E-state index contributed by atoms with van der Waals surface area (Å²) < 4.78 is 37.2. The minimum atomic E-state index is -4.46. The number of pyridine rings is 1. The average molecular weight is 355 g/mol. The molecule has 126 valence electrons. The number of benzene rings is 1. The van der Waals surface area contributed by atoms with Crippen LogP contribution in [0.5, 0.6) is 0 Å². The minimum absolute atomic E-state index is 0.152. The number of carbonyl (C=O) groups excluding carboxylic acids is 2. The van der Waals surface area contributed by atoms with Gasteiger partial charge in [0.05, 0.1) is 16.3 Å². The number of nitrogens with one attached hydrogen (secondary N) is 2. The first kappa shape index (κ1) is 17.8. The number of rotatable bonds is 4. The molecule has 0 bridgehead atoms. The molecule has 2 aromatic rings. The standard InChI is InChI=1S/C15H12F3N3O2S/c16-15(17,18)10-6-7-13(19-8-10)24-9-12(22)21-14(23)20-11-4-2-1-3-5-11/h1-8H,9H2,(H2,20,21,22,23). The molecule has 0 spiro atoms. The van der Waals surface area contributed by atoms with E-state index in [1.807, 2.05) is 0 Å². The predicted molar refractivity (Wildman–Crippen MR) is 83.6 cm³/mol. The fraction of sp³-hybridized carbons (Fsp3) is 0.133. The number of carbonyl (C=O) groups is 2. The van der Waals surface area contributed by atoms with E-state index >= 15 is 0 Å². The predicted octanol–water partition coefficient (Wildman–Crippen LogP) is 3.54. The van der Waals surface area contributed by atoms with Crippen molar-refractivity contribution in [3.63, 3.8) is 0 Å². The fourth-order valence-corrected chi connectivity index (χ4v) is 2.26. The second kappa shape index (κ2) is 7.82. The number of imide groups is 1. The average Bonchev–Trinajstić information content (AvgIpc) is 2.53. The highest BCUT2D eigenvalue weighted by Crippen LogP contribution is 2.29. The molecule has 2 rings (SSSR count). The molecular weight excluding hydrogens is 343 g/mol. The summed E-state index contributed by atoms with van der Waals surface area (Å²) in [5.74, 6) is -0.740. The van der Waals surface area contributed by atoms with Crippen LogP contribution in [0.4, 0.5) is 23.7 Å². The van der Waals surface area contributed by atoms with Crippen LogP contribution in [0.25, 0.3) is 0 Å². The van der Waals surface area contributed by atoms with E-state index in [0.717, 1.165) is 17.8 Å². The molecule has 0 aliphatic heterocycles. The molecule has 1 heterocycles. The molecule has 24 heavy (non-hydrogen) atoms. The maximum Gasteiger partial charge on any atom is 0.417 e. The third-order valence-corrected chi connectivity index (χ3v) is 3.64. The van der Waals surface area contributed by atoms with Crippen LogP contribution >= 0.6 is 11.8 Å². The number of urea groups is 1. The van der Waals surface area contributed by atoms with Crippen LogP contribution < -0.4 is 10.6 Å². The van der Waals surface area contributed by atoms with Crippen LogP contribution in [0.1, 0.15) is 5.56 Å². The van der Waals surface area contributed by atoms with Gasteiger partial charge in [0.25, 0.3) is 0 Å². The Morgan fingerprint density at radius 1 is 1.08 bits per heavy atom. The van der Waals surface area contributed by atoms with Gasteiger partial charge in [-0.2, -0.15) is 13.2 Å². The van der Waals surface area contributed by atoms with E-state index in [9.17, 15) is 22.8 Å². The third-order valence-electron chi connectivity index (χ3n) is 2.70.